The number of benzene rings is 1. The van der Waals surface area contributed by atoms with Crippen LogP contribution in [0, 0.1) is 0 Å². The summed E-state index contributed by atoms with van der Waals surface area (Å²) in [5.74, 6) is 1.25. The summed E-state index contributed by atoms with van der Waals surface area (Å²) in [6.45, 7) is 7.94. The van der Waals surface area contributed by atoms with Crippen molar-refractivity contribution in [2.24, 2.45) is 0 Å². The van der Waals surface area contributed by atoms with Crippen molar-refractivity contribution in [3.8, 4) is 0 Å². The lowest BCUT2D eigenvalue weighted by Crippen LogP contribution is -2.44. The monoisotopic (exact) mass is 329 g/mol. The van der Waals surface area contributed by atoms with Crippen molar-refractivity contribution >= 4 is 35.1 Å². The van der Waals surface area contributed by atoms with Crippen LogP contribution in [0.2, 0.25) is 5.02 Å². The molecule has 20 heavy (non-hydrogen) atoms. The third-order valence-electron chi connectivity index (χ3n) is 3.86. The van der Waals surface area contributed by atoms with Gasteiger partial charge in [-0.1, -0.05) is 44.5 Å². The van der Waals surface area contributed by atoms with Crippen LogP contribution < -0.4 is 5.32 Å². The minimum atomic E-state index is 0.550. The molecule has 1 saturated heterocycles. The molecule has 1 nitrogen and oxygen atoms in total. The number of likely N-dealkylation sites (N-methyl/N-ethyl adjacent to an activating group) is 1. The van der Waals surface area contributed by atoms with Gasteiger partial charge < -0.3 is 5.32 Å². The van der Waals surface area contributed by atoms with E-state index in [4.69, 9.17) is 11.6 Å². The summed E-state index contributed by atoms with van der Waals surface area (Å²) >= 11 is 10.2. The predicted octanol–water partition coefficient (Wildman–Crippen LogP) is 4.49. The van der Waals surface area contributed by atoms with Crippen molar-refractivity contribution in [3.05, 3.63) is 34.9 Å². The molecule has 0 saturated carbocycles. The minimum Gasteiger partial charge on any atom is -0.313 e. The van der Waals surface area contributed by atoms with Gasteiger partial charge in [-0.15, -0.1) is 0 Å². The summed E-state index contributed by atoms with van der Waals surface area (Å²) in [6.07, 6.45) is 1.09. The summed E-state index contributed by atoms with van der Waals surface area (Å²) in [7, 11) is 0. The molecule has 4 heteroatoms. The number of halogens is 1. The molecular weight excluding hydrogens is 306 g/mol. The summed E-state index contributed by atoms with van der Waals surface area (Å²) in [5, 5.41) is 6.71. The molecule has 1 fully saturated rings. The van der Waals surface area contributed by atoms with Gasteiger partial charge in [-0.05, 0) is 30.7 Å². The van der Waals surface area contributed by atoms with Crippen LogP contribution in [0.5, 0.6) is 0 Å². The SMILES string of the molecule is CCNC(Cc1ccc(Cl)cc1)C1CSC(C)C(C)S1. The summed E-state index contributed by atoms with van der Waals surface area (Å²) in [4.78, 5) is 0. The van der Waals surface area contributed by atoms with Gasteiger partial charge in [0.2, 0.25) is 0 Å². The lowest BCUT2D eigenvalue weighted by molar-refractivity contribution is 0.520. The molecule has 2 rings (SSSR count). The zero-order chi connectivity index (χ0) is 14.5. The Morgan fingerprint density at radius 1 is 1.25 bits per heavy atom. The standard InChI is InChI=1S/C16H24ClNS2/c1-4-18-15(9-13-5-7-14(17)8-6-13)16-10-19-11(2)12(3)20-16/h5-8,11-12,15-16,18H,4,9-10H2,1-3H3. The van der Waals surface area contributed by atoms with E-state index in [-0.39, 0.29) is 0 Å². The van der Waals surface area contributed by atoms with Crippen molar-refractivity contribution in [1.29, 1.82) is 0 Å². The van der Waals surface area contributed by atoms with Crippen molar-refractivity contribution < 1.29 is 0 Å². The van der Waals surface area contributed by atoms with Crippen molar-refractivity contribution in [1.82, 2.24) is 5.32 Å². The topological polar surface area (TPSA) is 12.0 Å². The molecule has 4 unspecified atom stereocenters. The fourth-order valence-electron chi connectivity index (χ4n) is 2.49. The molecular formula is C16H24ClNS2. The highest BCUT2D eigenvalue weighted by molar-refractivity contribution is 8.07. The van der Waals surface area contributed by atoms with Crippen LogP contribution in [0.15, 0.2) is 24.3 Å². The summed E-state index contributed by atoms with van der Waals surface area (Å²) in [5.41, 5.74) is 1.37. The van der Waals surface area contributed by atoms with E-state index in [0.717, 1.165) is 28.5 Å². The highest BCUT2D eigenvalue weighted by Gasteiger charge is 2.30. The Kier molecular flexibility index (Phi) is 6.60. The molecule has 0 amide bonds. The highest BCUT2D eigenvalue weighted by atomic mass is 35.5. The average molecular weight is 330 g/mol. The van der Waals surface area contributed by atoms with Crippen LogP contribution >= 0.6 is 35.1 Å². The Hall–Kier alpha value is 0.170. The summed E-state index contributed by atoms with van der Waals surface area (Å²) < 4.78 is 0. The second kappa shape index (κ2) is 7.98. The normalized spacial score (nSPS) is 28.3. The number of thioether (sulfide) groups is 2. The first-order chi connectivity index (χ1) is 9.60. The first kappa shape index (κ1) is 16.5. The van der Waals surface area contributed by atoms with Crippen LogP contribution in [0.25, 0.3) is 0 Å². The van der Waals surface area contributed by atoms with Crippen LogP contribution in [0.1, 0.15) is 26.3 Å². The molecule has 112 valence electrons. The van der Waals surface area contributed by atoms with E-state index in [2.05, 4.69) is 61.7 Å². The zero-order valence-corrected chi connectivity index (χ0v) is 14.8. The number of rotatable bonds is 5. The Morgan fingerprint density at radius 2 is 1.95 bits per heavy atom. The largest absolute Gasteiger partial charge is 0.313 e. The molecule has 1 aliphatic rings. The van der Waals surface area contributed by atoms with E-state index in [1.807, 2.05) is 12.1 Å². The molecule has 0 radical (unpaired) electrons. The van der Waals surface area contributed by atoms with Gasteiger partial charge in [-0.25, -0.2) is 0 Å². The van der Waals surface area contributed by atoms with Gasteiger partial charge in [0.25, 0.3) is 0 Å². The second-order valence-electron chi connectivity index (χ2n) is 5.41. The number of hydrogen-bond donors (Lipinski definition) is 1. The second-order valence-corrected chi connectivity index (χ2v) is 8.88. The maximum Gasteiger partial charge on any atom is 0.0406 e. The van der Waals surface area contributed by atoms with Crippen LogP contribution in [0.4, 0.5) is 0 Å². The zero-order valence-electron chi connectivity index (χ0n) is 12.4. The lowest BCUT2D eigenvalue weighted by Gasteiger charge is -2.36. The van der Waals surface area contributed by atoms with E-state index < -0.39 is 0 Å². The van der Waals surface area contributed by atoms with Gasteiger partial charge in [-0.3, -0.25) is 0 Å². The first-order valence-electron chi connectivity index (χ1n) is 7.35. The van der Waals surface area contributed by atoms with Crippen LogP contribution in [-0.2, 0) is 6.42 Å². The average Bonchev–Trinajstić information content (AvgIpc) is 2.44. The predicted molar refractivity (Wildman–Crippen MR) is 95.4 cm³/mol. The van der Waals surface area contributed by atoms with Gasteiger partial charge in [-0.2, -0.15) is 23.5 Å². The van der Waals surface area contributed by atoms with Crippen molar-refractivity contribution in [2.75, 3.05) is 12.3 Å². The van der Waals surface area contributed by atoms with Gasteiger partial charge in [0, 0.05) is 32.6 Å². The maximum absolute atomic E-state index is 5.97. The molecule has 0 bridgehead atoms. The highest BCUT2D eigenvalue weighted by Crippen LogP contribution is 2.37. The molecule has 0 spiro atoms. The first-order valence-corrected chi connectivity index (χ1v) is 9.72. The van der Waals surface area contributed by atoms with Crippen LogP contribution in [0.3, 0.4) is 0 Å². The molecule has 0 aliphatic carbocycles. The quantitative estimate of drug-likeness (QED) is 0.855. The fraction of sp³-hybridized carbons (Fsp3) is 0.625. The Balaban J connectivity index is 2.01. The molecule has 1 heterocycles. The third-order valence-corrected chi connectivity index (χ3v) is 7.66. The lowest BCUT2D eigenvalue weighted by atomic mass is 10.0. The van der Waals surface area contributed by atoms with E-state index in [0.29, 0.717) is 11.3 Å². The molecule has 1 aromatic rings. The molecule has 1 N–H and O–H groups in total. The molecule has 0 aromatic heterocycles. The number of nitrogens with one attached hydrogen (secondary N) is 1. The third kappa shape index (κ3) is 4.59. The van der Waals surface area contributed by atoms with E-state index in [1.165, 1.54) is 11.3 Å². The molecule has 1 aliphatic heterocycles. The maximum atomic E-state index is 5.97. The van der Waals surface area contributed by atoms with E-state index in [1.54, 1.807) is 0 Å². The van der Waals surface area contributed by atoms with Crippen molar-refractivity contribution in [2.45, 2.75) is 49.0 Å². The van der Waals surface area contributed by atoms with E-state index in [9.17, 15) is 0 Å². The van der Waals surface area contributed by atoms with Gasteiger partial charge >= 0.3 is 0 Å². The smallest absolute Gasteiger partial charge is 0.0406 e. The Labute approximate surface area is 136 Å². The van der Waals surface area contributed by atoms with Crippen LogP contribution in [-0.4, -0.2) is 34.1 Å². The molecule has 4 atom stereocenters. The number of hydrogen-bond acceptors (Lipinski definition) is 3. The van der Waals surface area contributed by atoms with Gasteiger partial charge in [0.15, 0.2) is 0 Å². The Bertz CT molecular complexity index is 409. The van der Waals surface area contributed by atoms with E-state index >= 15 is 0 Å². The molecule has 1 aromatic carbocycles. The fourth-order valence-corrected chi connectivity index (χ4v) is 5.75. The van der Waals surface area contributed by atoms with Gasteiger partial charge in [0.1, 0.15) is 0 Å². The minimum absolute atomic E-state index is 0.550. The summed E-state index contributed by atoms with van der Waals surface area (Å²) in [6, 6.07) is 8.84. The van der Waals surface area contributed by atoms with Gasteiger partial charge in [0.05, 0.1) is 0 Å². The van der Waals surface area contributed by atoms with Crippen molar-refractivity contribution in [3.63, 3.8) is 0 Å². The Morgan fingerprint density at radius 3 is 2.55 bits per heavy atom.